The van der Waals surface area contributed by atoms with Crippen molar-refractivity contribution in [1.29, 1.82) is 5.26 Å². The van der Waals surface area contributed by atoms with Gasteiger partial charge in [-0.2, -0.15) is 5.26 Å². The van der Waals surface area contributed by atoms with Crippen LogP contribution in [0.1, 0.15) is 28.4 Å². The van der Waals surface area contributed by atoms with Crippen molar-refractivity contribution in [2.45, 2.75) is 13.5 Å². The summed E-state index contributed by atoms with van der Waals surface area (Å²) < 4.78 is 5.51. The Morgan fingerprint density at radius 1 is 1.18 bits per heavy atom. The maximum Gasteiger partial charge on any atom is 0.257 e. The van der Waals surface area contributed by atoms with E-state index in [-0.39, 0.29) is 5.91 Å². The lowest BCUT2D eigenvalue weighted by Gasteiger charge is -2.19. The van der Waals surface area contributed by atoms with Gasteiger partial charge in [-0.25, -0.2) is 0 Å². The van der Waals surface area contributed by atoms with Crippen molar-refractivity contribution in [3.8, 4) is 11.8 Å². The second-order valence-electron chi connectivity index (χ2n) is 4.90. The highest BCUT2D eigenvalue weighted by atomic mass is 16.5. The number of para-hydroxylation sites is 1. The van der Waals surface area contributed by atoms with Crippen molar-refractivity contribution in [2.75, 3.05) is 13.7 Å². The molecule has 22 heavy (non-hydrogen) atoms. The van der Waals surface area contributed by atoms with Crippen molar-refractivity contribution in [2.24, 2.45) is 0 Å². The third-order valence-electron chi connectivity index (χ3n) is 3.27. The van der Waals surface area contributed by atoms with Gasteiger partial charge < -0.3 is 9.64 Å². The molecule has 0 radical (unpaired) electrons. The van der Waals surface area contributed by atoms with Crippen LogP contribution in [0.15, 0.2) is 48.5 Å². The predicted octanol–water partition coefficient (Wildman–Crippen LogP) is 3.23. The summed E-state index contributed by atoms with van der Waals surface area (Å²) in [6.45, 7) is 2.89. The number of hydrogen-bond donors (Lipinski definition) is 0. The molecule has 0 saturated carbocycles. The minimum atomic E-state index is -0.0894. The molecule has 0 N–H and O–H groups in total. The van der Waals surface area contributed by atoms with Crippen LogP contribution in [0.4, 0.5) is 0 Å². The second-order valence-corrected chi connectivity index (χ2v) is 4.90. The highest BCUT2D eigenvalue weighted by Crippen LogP contribution is 2.20. The fourth-order valence-corrected chi connectivity index (χ4v) is 2.16. The van der Waals surface area contributed by atoms with Crippen LogP contribution in [-0.4, -0.2) is 24.5 Å². The van der Waals surface area contributed by atoms with Gasteiger partial charge in [-0.05, 0) is 36.8 Å². The molecule has 4 nitrogen and oxygen atoms in total. The quantitative estimate of drug-likeness (QED) is 0.850. The summed E-state index contributed by atoms with van der Waals surface area (Å²) in [6, 6.07) is 16.5. The Kier molecular flexibility index (Phi) is 5.16. The van der Waals surface area contributed by atoms with Gasteiger partial charge >= 0.3 is 0 Å². The Balaban J connectivity index is 2.13. The zero-order valence-electron chi connectivity index (χ0n) is 12.7. The number of benzene rings is 2. The maximum atomic E-state index is 12.6. The first-order chi connectivity index (χ1) is 10.7. The second kappa shape index (κ2) is 7.28. The Hall–Kier alpha value is -2.80. The molecule has 0 heterocycles. The fraction of sp³-hybridized carbons (Fsp3) is 0.222. The largest absolute Gasteiger partial charge is 0.493 e. The van der Waals surface area contributed by atoms with Crippen LogP contribution in [0.25, 0.3) is 0 Å². The normalized spacial score (nSPS) is 9.86. The lowest BCUT2D eigenvalue weighted by molar-refractivity contribution is 0.0781. The third-order valence-corrected chi connectivity index (χ3v) is 3.27. The zero-order chi connectivity index (χ0) is 15.9. The minimum absolute atomic E-state index is 0.0894. The van der Waals surface area contributed by atoms with E-state index in [1.165, 1.54) is 0 Å². The average molecular weight is 294 g/mol. The molecule has 0 fully saturated rings. The molecule has 0 unspecified atom stereocenters. The Labute approximate surface area is 130 Å². The fourth-order valence-electron chi connectivity index (χ4n) is 2.16. The molecule has 2 aromatic carbocycles. The van der Waals surface area contributed by atoms with E-state index in [1.807, 2.05) is 31.2 Å². The lowest BCUT2D eigenvalue weighted by atomic mass is 10.1. The van der Waals surface area contributed by atoms with Crippen molar-refractivity contribution in [1.82, 2.24) is 4.90 Å². The van der Waals surface area contributed by atoms with Crippen molar-refractivity contribution in [3.63, 3.8) is 0 Å². The van der Waals surface area contributed by atoms with Gasteiger partial charge in [-0.15, -0.1) is 0 Å². The number of carbonyl (C=O) groups excluding carboxylic acids is 1. The van der Waals surface area contributed by atoms with E-state index in [9.17, 15) is 4.79 Å². The Morgan fingerprint density at radius 2 is 1.86 bits per heavy atom. The number of nitrogens with zero attached hydrogens (tertiary/aromatic N) is 2. The Bertz CT molecular complexity index is 687. The molecule has 0 aliphatic rings. The Morgan fingerprint density at radius 3 is 2.50 bits per heavy atom. The smallest absolute Gasteiger partial charge is 0.257 e. The molecule has 2 rings (SSSR count). The predicted molar refractivity (Wildman–Crippen MR) is 84.6 cm³/mol. The number of hydrogen-bond acceptors (Lipinski definition) is 3. The molecule has 0 atom stereocenters. The van der Waals surface area contributed by atoms with E-state index in [2.05, 4.69) is 6.07 Å². The molecule has 0 aliphatic heterocycles. The average Bonchev–Trinajstić information content (AvgIpc) is 2.55. The van der Waals surface area contributed by atoms with Gasteiger partial charge in [0.25, 0.3) is 5.91 Å². The van der Waals surface area contributed by atoms with Gasteiger partial charge in [0.15, 0.2) is 0 Å². The lowest BCUT2D eigenvalue weighted by Crippen LogP contribution is -2.26. The van der Waals surface area contributed by atoms with Gasteiger partial charge in [0.2, 0.25) is 0 Å². The molecule has 0 saturated heterocycles. The molecule has 0 bridgehead atoms. The van der Waals surface area contributed by atoms with E-state index in [0.29, 0.717) is 30.0 Å². The summed E-state index contributed by atoms with van der Waals surface area (Å²) in [5.74, 6) is 0.509. The van der Waals surface area contributed by atoms with Crippen LogP contribution in [0.5, 0.6) is 5.75 Å². The van der Waals surface area contributed by atoms with Crippen LogP contribution in [0.2, 0.25) is 0 Å². The van der Waals surface area contributed by atoms with Crippen LogP contribution in [0, 0.1) is 11.3 Å². The first kappa shape index (κ1) is 15.6. The molecule has 1 amide bonds. The first-order valence-corrected chi connectivity index (χ1v) is 7.12. The van der Waals surface area contributed by atoms with Gasteiger partial charge in [0.1, 0.15) is 5.75 Å². The number of ether oxygens (including phenoxy) is 1. The number of nitriles is 1. The number of amides is 1. The van der Waals surface area contributed by atoms with Crippen LogP contribution in [-0.2, 0) is 6.54 Å². The topological polar surface area (TPSA) is 53.3 Å². The maximum absolute atomic E-state index is 12.6. The van der Waals surface area contributed by atoms with E-state index in [1.54, 1.807) is 36.2 Å². The van der Waals surface area contributed by atoms with Crippen LogP contribution in [0.3, 0.4) is 0 Å². The van der Waals surface area contributed by atoms with Gasteiger partial charge in [-0.3, -0.25) is 4.79 Å². The molecular formula is C18H18N2O2. The van der Waals surface area contributed by atoms with Crippen molar-refractivity contribution >= 4 is 5.91 Å². The van der Waals surface area contributed by atoms with E-state index < -0.39 is 0 Å². The standard InChI is InChI=1S/C18H18N2O2/c1-3-22-17-7-5-4-6-16(17)18(21)20(2)13-15-10-8-14(12-19)9-11-15/h4-11H,3,13H2,1-2H3. The van der Waals surface area contributed by atoms with Crippen LogP contribution < -0.4 is 4.74 Å². The highest BCUT2D eigenvalue weighted by Gasteiger charge is 2.16. The van der Waals surface area contributed by atoms with E-state index in [4.69, 9.17) is 10.00 Å². The number of rotatable bonds is 5. The molecular weight excluding hydrogens is 276 g/mol. The zero-order valence-corrected chi connectivity index (χ0v) is 12.7. The summed E-state index contributed by atoms with van der Waals surface area (Å²) in [4.78, 5) is 14.2. The summed E-state index contributed by atoms with van der Waals surface area (Å²) in [6.07, 6.45) is 0. The summed E-state index contributed by atoms with van der Waals surface area (Å²) in [7, 11) is 1.75. The van der Waals surface area contributed by atoms with Crippen molar-refractivity contribution < 1.29 is 9.53 Å². The SMILES string of the molecule is CCOc1ccccc1C(=O)N(C)Cc1ccc(C#N)cc1. The molecule has 4 heteroatoms. The molecule has 2 aromatic rings. The summed E-state index contributed by atoms with van der Waals surface area (Å²) in [5.41, 5.74) is 2.14. The third kappa shape index (κ3) is 3.64. The summed E-state index contributed by atoms with van der Waals surface area (Å²) in [5, 5.41) is 8.80. The van der Waals surface area contributed by atoms with E-state index in [0.717, 1.165) is 5.56 Å². The minimum Gasteiger partial charge on any atom is -0.493 e. The number of carbonyl (C=O) groups is 1. The van der Waals surface area contributed by atoms with Crippen LogP contribution >= 0.6 is 0 Å². The highest BCUT2D eigenvalue weighted by molar-refractivity contribution is 5.96. The van der Waals surface area contributed by atoms with Crippen molar-refractivity contribution in [3.05, 3.63) is 65.2 Å². The summed E-state index contributed by atoms with van der Waals surface area (Å²) >= 11 is 0. The van der Waals surface area contributed by atoms with Gasteiger partial charge in [0.05, 0.1) is 23.8 Å². The molecule has 0 aliphatic carbocycles. The molecule has 0 spiro atoms. The first-order valence-electron chi connectivity index (χ1n) is 7.12. The van der Waals surface area contributed by atoms with E-state index >= 15 is 0 Å². The molecule has 112 valence electrons. The monoisotopic (exact) mass is 294 g/mol. The molecule has 0 aromatic heterocycles. The van der Waals surface area contributed by atoms with Gasteiger partial charge in [0, 0.05) is 13.6 Å². The van der Waals surface area contributed by atoms with Gasteiger partial charge in [-0.1, -0.05) is 24.3 Å².